The van der Waals surface area contributed by atoms with Gasteiger partial charge in [-0.1, -0.05) is 34.1 Å². The number of hydrogen-bond acceptors (Lipinski definition) is 3. The van der Waals surface area contributed by atoms with Gasteiger partial charge in [0.1, 0.15) is 0 Å². The van der Waals surface area contributed by atoms with Crippen LogP contribution in [0.2, 0.25) is 0 Å². The third-order valence-electron chi connectivity index (χ3n) is 3.53. The molecule has 0 fully saturated rings. The highest BCUT2D eigenvalue weighted by Gasteiger charge is 2.12. The van der Waals surface area contributed by atoms with Gasteiger partial charge in [0.15, 0.2) is 0 Å². The molecule has 0 radical (unpaired) electrons. The van der Waals surface area contributed by atoms with Gasteiger partial charge in [0.05, 0.1) is 6.61 Å². The molecule has 1 aromatic carbocycles. The van der Waals surface area contributed by atoms with E-state index in [1.165, 1.54) is 16.9 Å². The van der Waals surface area contributed by atoms with E-state index >= 15 is 0 Å². The van der Waals surface area contributed by atoms with Crippen LogP contribution in [0.4, 0.5) is 0 Å². The average Bonchev–Trinajstić information content (AvgIpc) is 3.01. The standard InChI is InChI=1S/C17H22BrNOS/c1-20-11-10-19-13-15(6-9-17-3-2-12-21-17)14-4-7-16(18)8-5-14/h2-5,7-8,12,15,19H,6,9-11,13H2,1H3. The Morgan fingerprint density at radius 2 is 2.05 bits per heavy atom. The molecule has 0 saturated carbocycles. The summed E-state index contributed by atoms with van der Waals surface area (Å²) in [4.78, 5) is 1.47. The number of rotatable bonds is 9. The van der Waals surface area contributed by atoms with Crippen LogP contribution in [0.15, 0.2) is 46.3 Å². The van der Waals surface area contributed by atoms with Gasteiger partial charge in [-0.3, -0.25) is 0 Å². The topological polar surface area (TPSA) is 21.3 Å². The molecular weight excluding hydrogens is 346 g/mol. The van der Waals surface area contributed by atoms with Gasteiger partial charge >= 0.3 is 0 Å². The monoisotopic (exact) mass is 367 g/mol. The molecule has 0 spiro atoms. The summed E-state index contributed by atoms with van der Waals surface area (Å²) in [7, 11) is 1.74. The number of benzene rings is 1. The van der Waals surface area contributed by atoms with Gasteiger partial charge in [0.2, 0.25) is 0 Å². The van der Waals surface area contributed by atoms with Gasteiger partial charge in [-0.25, -0.2) is 0 Å². The zero-order chi connectivity index (χ0) is 14.9. The quantitative estimate of drug-likeness (QED) is 0.660. The van der Waals surface area contributed by atoms with Crippen molar-refractivity contribution in [2.24, 2.45) is 0 Å². The van der Waals surface area contributed by atoms with Crippen molar-refractivity contribution in [2.45, 2.75) is 18.8 Å². The number of thiophene rings is 1. The first kappa shape index (κ1) is 16.7. The van der Waals surface area contributed by atoms with E-state index in [1.54, 1.807) is 7.11 Å². The molecule has 1 atom stereocenters. The minimum absolute atomic E-state index is 0.539. The Kier molecular flexibility index (Phi) is 7.44. The lowest BCUT2D eigenvalue weighted by atomic mass is 9.94. The fraction of sp³-hybridized carbons (Fsp3) is 0.412. The first-order chi connectivity index (χ1) is 10.3. The van der Waals surface area contributed by atoms with Gasteiger partial charge in [-0.15, -0.1) is 11.3 Å². The number of ether oxygens (including phenoxy) is 1. The molecule has 0 bridgehead atoms. The van der Waals surface area contributed by atoms with Gasteiger partial charge < -0.3 is 10.1 Å². The molecule has 0 aliphatic heterocycles. The van der Waals surface area contributed by atoms with Gasteiger partial charge in [-0.05, 0) is 47.9 Å². The Hall–Kier alpha value is -0.680. The predicted molar refractivity (Wildman–Crippen MR) is 94.3 cm³/mol. The molecule has 1 unspecified atom stereocenters. The SMILES string of the molecule is COCCNCC(CCc1cccs1)c1ccc(Br)cc1. The summed E-state index contributed by atoms with van der Waals surface area (Å²) >= 11 is 5.35. The molecule has 21 heavy (non-hydrogen) atoms. The van der Waals surface area contributed by atoms with Crippen LogP contribution >= 0.6 is 27.3 Å². The molecule has 2 nitrogen and oxygen atoms in total. The Morgan fingerprint density at radius 1 is 1.24 bits per heavy atom. The average molecular weight is 368 g/mol. The van der Waals surface area contributed by atoms with Gasteiger partial charge in [-0.2, -0.15) is 0 Å². The third-order valence-corrected chi connectivity index (χ3v) is 5.00. The Balaban J connectivity index is 1.93. The van der Waals surface area contributed by atoms with E-state index in [4.69, 9.17) is 4.74 Å². The van der Waals surface area contributed by atoms with Crippen molar-refractivity contribution in [3.8, 4) is 0 Å². The van der Waals surface area contributed by atoms with E-state index in [1.807, 2.05) is 11.3 Å². The van der Waals surface area contributed by atoms with Crippen LogP contribution in [0.25, 0.3) is 0 Å². The van der Waals surface area contributed by atoms with Crippen LogP contribution in [0.5, 0.6) is 0 Å². The molecule has 1 N–H and O–H groups in total. The number of hydrogen-bond donors (Lipinski definition) is 1. The van der Waals surface area contributed by atoms with Crippen molar-refractivity contribution in [1.29, 1.82) is 0 Å². The van der Waals surface area contributed by atoms with Crippen LogP contribution in [0.1, 0.15) is 22.8 Å². The minimum atomic E-state index is 0.539. The molecule has 1 aromatic heterocycles. The van der Waals surface area contributed by atoms with Crippen LogP contribution in [0.3, 0.4) is 0 Å². The summed E-state index contributed by atoms with van der Waals surface area (Å²) < 4.78 is 6.23. The van der Waals surface area contributed by atoms with Crippen LogP contribution in [-0.4, -0.2) is 26.8 Å². The number of halogens is 1. The first-order valence-electron chi connectivity index (χ1n) is 7.27. The van der Waals surface area contributed by atoms with Crippen molar-refractivity contribution in [3.63, 3.8) is 0 Å². The van der Waals surface area contributed by atoms with Crippen molar-refractivity contribution in [1.82, 2.24) is 5.32 Å². The highest BCUT2D eigenvalue weighted by atomic mass is 79.9. The zero-order valence-electron chi connectivity index (χ0n) is 12.3. The highest BCUT2D eigenvalue weighted by Crippen LogP contribution is 2.24. The molecular formula is C17H22BrNOS. The molecule has 0 aliphatic rings. The maximum absolute atomic E-state index is 5.10. The molecule has 114 valence electrons. The zero-order valence-corrected chi connectivity index (χ0v) is 14.8. The molecule has 0 amide bonds. The van der Waals surface area contributed by atoms with Crippen molar-refractivity contribution in [2.75, 3.05) is 26.8 Å². The fourth-order valence-corrected chi connectivity index (χ4v) is 3.33. The first-order valence-corrected chi connectivity index (χ1v) is 8.94. The molecule has 2 aromatic rings. The number of methoxy groups -OCH3 is 1. The molecule has 1 heterocycles. The normalized spacial score (nSPS) is 12.5. The van der Waals surface area contributed by atoms with E-state index in [-0.39, 0.29) is 0 Å². The number of aryl methyl sites for hydroxylation is 1. The summed E-state index contributed by atoms with van der Waals surface area (Å²) in [6.07, 6.45) is 2.31. The van der Waals surface area contributed by atoms with E-state index in [0.717, 1.165) is 30.6 Å². The molecule has 0 aliphatic carbocycles. The van der Waals surface area contributed by atoms with Gasteiger partial charge in [0.25, 0.3) is 0 Å². The maximum Gasteiger partial charge on any atom is 0.0587 e. The largest absolute Gasteiger partial charge is 0.383 e. The summed E-state index contributed by atoms with van der Waals surface area (Å²) in [5, 5.41) is 5.65. The highest BCUT2D eigenvalue weighted by molar-refractivity contribution is 9.10. The third kappa shape index (κ3) is 5.91. The fourth-order valence-electron chi connectivity index (χ4n) is 2.34. The van der Waals surface area contributed by atoms with E-state index in [9.17, 15) is 0 Å². The summed E-state index contributed by atoms with van der Waals surface area (Å²) in [6, 6.07) is 13.1. The minimum Gasteiger partial charge on any atom is -0.383 e. The molecule has 4 heteroatoms. The Morgan fingerprint density at radius 3 is 2.71 bits per heavy atom. The van der Waals surface area contributed by atoms with E-state index in [0.29, 0.717) is 5.92 Å². The lowest BCUT2D eigenvalue weighted by molar-refractivity contribution is 0.199. The number of nitrogens with one attached hydrogen (secondary N) is 1. The van der Waals surface area contributed by atoms with Gasteiger partial charge in [0, 0.05) is 29.5 Å². The maximum atomic E-state index is 5.10. The van der Waals surface area contributed by atoms with Crippen LogP contribution in [0, 0.1) is 0 Å². The summed E-state index contributed by atoms with van der Waals surface area (Å²) in [5.41, 5.74) is 1.40. The lowest BCUT2D eigenvalue weighted by Crippen LogP contribution is -2.25. The second-order valence-electron chi connectivity index (χ2n) is 5.06. The van der Waals surface area contributed by atoms with Crippen molar-refractivity contribution in [3.05, 3.63) is 56.7 Å². The van der Waals surface area contributed by atoms with Crippen LogP contribution in [-0.2, 0) is 11.2 Å². The Labute approximate surface area is 139 Å². The molecule has 2 rings (SSSR count). The van der Waals surface area contributed by atoms with Crippen molar-refractivity contribution >= 4 is 27.3 Å². The predicted octanol–water partition coefficient (Wildman–Crippen LogP) is 4.46. The smallest absolute Gasteiger partial charge is 0.0587 e. The summed E-state index contributed by atoms with van der Waals surface area (Å²) in [6.45, 7) is 2.66. The van der Waals surface area contributed by atoms with Crippen LogP contribution < -0.4 is 5.32 Å². The Bertz CT molecular complexity index is 498. The lowest BCUT2D eigenvalue weighted by Gasteiger charge is -2.18. The second kappa shape index (κ2) is 9.36. The summed E-state index contributed by atoms with van der Waals surface area (Å²) in [5.74, 6) is 0.539. The van der Waals surface area contributed by atoms with E-state index < -0.39 is 0 Å². The molecule has 0 saturated heterocycles. The van der Waals surface area contributed by atoms with E-state index in [2.05, 4.69) is 63.0 Å². The second-order valence-corrected chi connectivity index (χ2v) is 7.01. The van der Waals surface area contributed by atoms with Crippen molar-refractivity contribution < 1.29 is 4.74 Å².